The van der Waals surface area contributed by atoms with Gasteiger partial charge in [-0.3, -0.25) is 0 Å². The van der Waals surface area contributed by atoms with Crippen LogP contribution in [0.2, 0.25) is 0 Å². The summed E-state index contributed by atoms with van der Waals surface area (Å²) in [7, 11) is 0. The third-order valence-corrected chi connectivity index (χ3v) is 3.02. The molecule has 0 amide bonds. The third-order valence-electron chi connectivity index (χ3n) is 3.02. The van der Waals surface area contributed by atoms with E-state index in [4.69, 9.17) is 0 Å². The molecule has 0 bridgehead atoms. The van der Waals surface area contributed by atoms with E-state index in [0.29, 0.717) is 5.56 Å². The van der Waals surface area contributed by atoms with E-state index in [2.05, 4.69) is 5.32 Å². The number of halogens is 2. The van der Waals surface area contributed by atoms with E-state index in [1.54, 1.807) is 6.07 Å². The van der Waals surface area contributed by atoms with Crippen molar-refractivity contribution in [3.05, 3.63) is 34.9 Å². The van der Waals surface area contributed by atoms with Crippen LogP contribution in [0.3, 0.4) is 0 Å². The largest absolute Gasteiger partial charge is 0.316 e. The molecule has 82 valence electrons. The summed E-state index contributed by atoms with van der Waals surface area (Å²) in [6.45, 7) is 3.59. The minimum atomic E-state index is -0.712. The van der Waals surface area contributed by atoms with Crippen LogP contribution in [-0.4, -0.2) is 13.1 Å². The maximum atomic E-state index is 13.6. The molecule has 1 saturated heterocycles. The lowest BCUT2D eigenvalue weighted by molar-refractivity contribution is 0.489. The van der Waals surface area contributed by atoms with Gasteiger partial charge in [-0.25, -0.2) is 8.78 Å². The van der Waals surface area contributed by atoms with Crippen LogP contribution < -0.4 is 5.32 Å². The summed E-state index contributed by atoms with van der Waals surface area (Å²) in [5.74, 6) is -1.25. The molecule has 0 aromatic heterocycles. The molecule has 1 N–H and O–H groups in total. The number of aryl methyl sites for hydroxylation is 1. The van der Waals surface area contributed by atoms with Crippen molar-refractivity contribution in [2.45, 2.75) is 25.7 Å². The van der Waals surface area contributed by atoms with Gasteiger partial charge in [-0.2, -0.15) is 0 Å². The smallest absolute Gasteiger partial charge is 0.162 e. The second-order valence-corrected chi connectivity index (χ2v) is 4.02. The second-order valence-electron chi connectivity index (χ2n) is 4.02. The molecule has 3 heteroatoms. The molecule has 1 aromatic rings. The third kappa shape index (κ3) is 2.02. The summed E-state index contributed by atoms with van der Waals surface area (Å²) in [5, 5.41) is 3.17. The molecule has 1 aliphatic heterocycles. The van der Waals surface area contributed by atoms with Crippen molar-refractivity contribution in [3.63, 3.8) is 0 Å². The van der Waals surface area contributed by atoms with Gasteiger partial charge in [0.25, 0.3) is 0 Å². The minimum absolute atomic E-state index is 0.131. The van der Waals surface area contributed by atoms with Gasteiger partial charge in [-0.05, 0) is 36.6 Å². The molecule has 0 saturated carbocycles. The zero-order chi connectivity index (χ0) is 10.8. The Kier molecular flexibility index (Phi) is 3.00. The van der Waals surface area contributed by atoms with Crippen LogP contribution in [0.25, 0.3) is 0 Å². The normalized spacial score (nSPS) is 20.9. The summed E-state index contributed by atoms with van der Waals surface area (Å²) in [6, 6.07) is 3.09. The zero-order valence-corrected chi connectivity index (χ0v) is 8.82. The van der Waals surface area contributed by atoms with Crippen molar-refractivity contribution in [3.8, 4) is 0 Å². The summed E-state index contributed by atoms with van der Waals surface area (Å²) in [4.78, 5) is 0. The molecular weight excluding hydrogens is 196 g/mol. The van der Waals surface area contributed by atoms with Crippen LogP contribution in [-0.2, 0) is 6.42 Å². The Balaban J connectivity index is 2.39. The number of hydrogen-bond acceptors (Lipinski definition) is 1. The van der Waals surface area contributed by atoms with Gasteiger partial charge in [-0.15, -0.1) is 0 Å². The highest BCUT2D eigenvalue weighted by atomic mass is 19.2. The zero-order valence-electron chi connectivity index (χ0n) is 8.82. The molecule has 0 aliphatic carbocycles. The van der Waals surface area contributed by atoms with E-state index in [9.17, 15) is 8.78 Å². The van der Waals surface area contributed by atoms with Crippen molar-refractivity contribution in [1.29, 1.82) is 0 Å². The van der Waals surface area contributed by atoms with E-state index in [1.807, 2.05) is 6.92 Å². The van der Waals surface area contributed by atoms with Crippen molar-refractivity contribution < 1.29 is 8.78 Å². The fourth-order valence-corrected chi connectivity index (χ4v) is 2.09. The average Bonchev–Trinajstić information content (AvgIpc) is 2.75. The van der Waals surface area contributed by atoms with E-state index in [0.717, 1.165) is 31.5 Å². The Morgan fingerprint density at radius 2 is 2.20 bits per heavy atom. The van der Waals surface area contributed by atoms with Crippen LogP contribution in [0.4, 0.5) is 8.78 Å². The predicted molar refractivity (Wildman–Crippen MR) is 56.0 cm³/mol. The van der Waals surface area contributed by atoms with Gasteiger partial charge in [0.2, 0.25) is 0 Å². The average molecular weight is 211 g/mol. The molecule has 1 heterocycles. The quantitative estimate of drug-likeness (QED) is 0.792. The van der Waals surface area contributed by atoms with Gasteiger partial charge in [0, 0.05) is 12.5 Å². The Hall–Kier alpha value is -0.960. The Morgan fingerprint density at radius 1 is 1.40 bits per heavy atom. The van der Waals surface area contributed by atoms with Crippen LogP contribution in [0, 0.1) is 11.6 Å². The highest BCUT2D eigenvalue weighted by Crippen LogP contribution is 2.27. The van der Waals surface area contributed by atoms with Crippen LogP contribution in [0.1, 0.15) is 30.4 Å². The fourth-order valence-electron chi connectivity index (χ4n) is 2.09. The lowest BCUT2D eigenvalue weighted by Crippen LogP contribution is -2.10. The Labute approximate surface area is 88.5 Å². The lowest BCUT2D eigenvalue weighted by atomic mass is 9.95. The van der Waals surface area contributed by atoms with E-state index in [-0.39, 0.29) is 5.92 Å². The van der Waals surface area contributed by atoms with Crippen molar-refractivity contribution in [1.82, 2.24) is 5.32 Å². The molecule has 1 atom stereocenters. The molecule has 2 rings (SSSR count). The second kappa shape index (κ2) is 4.27. The Bertz CT molecular complexity index is 357. The van der Waals surface area contributed by atoms with Gasteiger partial charge in [0.15, 0.2) is 11.6 Å². The number of rotatable bonds is 2. The Morgan fingerprint density at radius 3 is 2.80 bits per heavy atom. The molecule has 1 fully saturated rings. The van der Waals surface area contributed by atoms with Gasteiger partial charge < -0.3 is 5.32 Å². The van der Waals surface area contributed by atoms with Gasteiger partial charge in [0.1, 0.15) is 0 Å². The first-order valence-corrected chi connectivity index (χ1v) is 5.41. The van der Waals surface area contributed by atoms with Crippen molar-refractivity contribution in [2.24, 2.45) is 0 Å². The minimum Gasteiger partial charge on any atom is -0.316 e. The number of benzene rings is 1. The van der Waals surface area contributed by atoms with Gasteiger partial charge >= 0.3 is 0 Å². The van der Waals surface area contributed by atoms with Crippen LogP contribution in [0.5, 0.6) is 0 Å². The van der Waals surface area contributed by atoms with E-state index < -0.39 is 11.6 Å². The molecule has 1 aromatic carbocycles. The molecule has 1 nitrogen and oxygen atoms in total. The molecule has 0 spiro atoms. The first-order chi connectivity index (χ1) is 7.22. The highest BCUT2D eigenvalue weighted by molar-refractivity contribution is 5.30. The van der Waals surface area contributed by atoms with Crippen LogP contribution in [0.15, 0.2) is 12.1 Å². The van der Waals surface area contributed by atoms with E-state index >= 15 is 0 Å². The summed E-state index contributed by atoms with van der Waals surface area (Å²) < 4.78 is 26.9. The van der Waals surface area contributed by atoms with E-state index in [1.165, 1.54) is 6.07 Å². The SMILES string of the molecule is CCc1cc(F)c(F)c(C2CCNC2)c1. The summed E-state index contributed by atoms with van der Waals surface area (Å²) in [5.41, 5.74) is 1.41. The first-order valence-electron chi connectivity index (χ1n) is 5.41. The maximum absolute atomic E-state index is 13.6. The topological polar surface area (TPSA) is 12.0 Å². The lowest BCUT2D eigenvalue weighted by Gasteiger charge is -2.12. The van der Waals surface area contributed by atoms with Crippen molar-refractivity contribution >= 4 is 0 Å². The summed E-state index contributed by atoms with van der Waals surface area (Å²) in [6.07, 6.45) is 1.63. The monoisotopic (exact) mass is 211 g/mol. The molecule has 0 radical (unpaired) electrons. The highest BCUT2D eigenvalue weighted by Gasteiger charge is 2.22. The van der Waals surface area contributed by atoms with Gasteiger partial charge in [0.05, 0.1) is 0 Å². The summed E-state index contributed by atoms with van der Waals surface area (Å²) >= 11 is 0. The standard InChI is InChI=1S/C12H15F2N/c1-2-8-5-10(9-3-4-15-7-9)12(14)11(13)6-8/h5-6,9,15H,2-4,7H2,1H3. The molecule has 1 aliphatic rings. The fraction of sp³-hybridized carbons (Fsp3) is 0.500. The van der Waals surface area contributed by atoms with Crippen LogP contribution >= 0.6 is 0 Å². The maximum Gasteiger partial charge on any atom is 0.162 e. The molecular formula is C12H15F2N. The number of nitrogens with one attached hydrogen (secondary N) is 1. The number of hydrogen-bond donors (Lipinski definition) is 1. The van der Waals surface area contributed by atoms with Gasteiger partial charge in [-0.1, -0.05) is 13.0 Å². The molecule has 15 heavy (non-hydrogen) atoms. The predicted octanol–water partition coefficient (Wildman–Crippen LogP) is 2.60. The van der Waals surface area contributed by atoms with Crippen molar-refractivity contribution in [2.75, 3.05) is 13.1 Å². The molecule has 1 unspecified atom stereocenters. The first kappa shape index (κ1) is 10.6.